The molecule has 144 valence electrons. The van der Waals surface area contributed by atoms with E-state index in [1.807, 2.05) is 12.1 Å². The highest BCUT2D eigenvalue weighted by Crippen LogP contribution is 2.21. The molecule has 0 aliphatic heterocycles. The van der Waals surface area contributed by atoms with Crippen molar-refractivity contribution in [1.29, 1.82) is 0 Å². The molecule has 0 aliphatic carbocycles. The smallest absolute Gasteiger partial charge is 0.314 e. The Kier molecular flexibility index (Phi) is 7.62. The van der Waals surface area contributed by atoms with Crippen LogP contribution < -0.4 is 9.47 Å². The predicted molar refractivity (Wildman–Crippen MR) is 108 cm³/mol. The van der Waals surface area contributed by atoms with Gasteiger partial charge in [-0.2, -0.15) is 0 Å². The second-order valence-corrected chi connectivity index (χ2v) is 8.26. The van der Waals surface area contributed by atoms with E-state index in [1.165, 1.54) is 36.0 Å². The molecule has 27 heavy (non-hydrogen) atoms. The number of thioether (sulfide) groups is 1. The maximum Gasteiger partial charge on any atom is 0.314 e. The minimum Gasteiger partial charge on any atom is -0.457 e. The van der Waals surface area contributed by atoms with E-state index >= 15 is 0 Å². The molecule has 0 heterocycles. The van der Waals surface area contributed by atoms with Crippen LogP contribution in [0.15, 0.2) is 48.5 Å². The van der Waals surface area contributed by atoms with Gasteiger partial charge in [0, 0.05) is 5.75 Å². The number of ether oxygens (including phenoxy) is 3. The normalized spacial score (nSPS) is 11.0. The van der Waals surface area contributed by atoms with Crippen LogP contribution in [0.1, 0.15) is 26.3 Å². The van der Waals surface area contributed by atoms with Crippen molar-refractivity contribution >= 4 is 34.3 Å². The Morgan fingerprint density at radius 3 is 2.22 bits per heavy atom. The second kappa shape index (κ2) is 9.71. The van der Waals surface area contributed by atoms with Crippen LogP contribution in [-0.4, -0.2) is 17.1 Å². The van der Waals surface area contributed by atoms with Crippen LogP contribution in [0.2, 0.25) is 0 Å². The standard InChI is InChI=1S/C20H21FO4S2/c1-20(2,3)18(22)24-13-23-16-8-4-14(5-9-16)12-27-19(26)25-17-10-6-15(21)7-11-17/h4-11H,12-13H2,1-3H3. The Hall–Kier alpha value is -2.12. The zero-order valence-corrected chi connectivity index (χ0v) is 17.0. The van der Waals surface area contributed by atoms with E-state index < -0.39 is 5.41 Å². The molecule has 0 spiro atoms. The number of benzene rings is 2. The molecule has 0 N–H and O–H groups in total. The van der Waals surface area contributed by atoms with Gasteiger partial charge in [0.1, 0.15) is 17.3 Å². The molecule has 0 atom stereocenters. The van der Waals surface area contributed by atoms with Gasteiger partial charge < -0.3 is 14.2 Å². The summed E-state index contributed by atoms with van der Waals surface area (Å²) in [4.78, 5) is 11.7. The van der Waals surface area contributed by atoms with Gasteiger partial charge in [0.25, 0.3) is 0 Å². The molecule has 4 nitrogen and oxygen atoms in total. The molecule has 0 amide bonds. The van der Waals surface area contributed by atoms with Gasteiger partial charge in [-0.3, -0.25) is 4.79 Å². The number of hydrogen-bond acceptors (Lipinski definition) is 6. The highest BCUT2D eigenvalue weighted by Gasteiger charge is 2.22. The molecule has 0 radical (unpaired) electrons. The summed E-state index contributed by atoms with van der Waals surface area (Å²) in [5.74, 6) is 1.10. The molecule has 0 unspecified atom stereocenters. The van der Waals surface area contributed by atoms with Gasteiger partial charge in [-0.1, -0.05) is 23.9 Å². The molecule has 2 aromatic carbocycles. The van der Waals surface area contributed by atoms with Crippen LogP contribution in [0.3, 0.4) is 0 Å². The summed E-state index contributed by atoms with van der Waals surface area (Å²) in [5.41, 5.74) is 0.475. The van der Waals surface area contributed by atoms with Crippen LogP contribution in [0.4, 0.5) is 4.39 Å². The number of hydrogen-bond donors (Lipinski definition) is 0. The number of thiocarbonyl (C=S) groups is 1. The van der Waals surface area contributed by atoms with Crippen molar-refractivity contribution in [1.82, 2.24) is 0 Å². The van der Waals surface area contributed by atoms with Gasteiger partial charge in [0.05, 0.1) is 5.41 Å². The molecule has 0 fully saturated rings. The maximum atomic E-state index is 12.9. The number of carbonyl (C=O) groups excluding carboxylic acids is 1. The van der Waals surface area contributed by atoms with E-state index in [9.17, 15) is 9.18 Å². The van der Waals surface area contributed by atoms with Crippen LogP contribution in [-0.2, 0) is 15.3 Å². The summed E-state index contributed by atoms with van der Waals surface area (Å²) in [6, 6.07) is 13.1. The average Bonchev–Trinajstić information content (AvgIpc) is 2.62. The van der Waals surface area contributed by atoms with E-state index in [1.54, 1.807) is 32.9 Å². The number of halogens is 1. The average molecular weight is 409 g/mol. The first-order valence-corrected chi connectivity index (χ1v) is 9.62. The highest BCUT2D eigenvalue weighted by molar-refractivity contribution is 8.22. The summed E-state index contributed by atoms with van der Waals surface area (Å²) < 4.78 is 29.2. The number of rotatable bonds is 6. The van der Waals surface area contributed by atoms with Crippen LogP contribution >= 0.6 is 24.0 Å². The summed E-state index contributed by atoms with van der Waals surface area (Å²) in [5, 5.41) is 0. The summed E-state index contributed by atoms with van der Waals surface area (Å²) in [6.45, 7) is 5.23. The molecule has 0 saturated carbocycles. The lowest BCUT2D eigenvalue weighted by Gasteiger charge is -2.16. The first-order valence-electron chi connectivity index (χ1n) is 8.23. The van der Waals surface area contributed by atoms with Crippen LogP contribution in [0.25, 0.3) is 0 Å². The molecule has 2 aromatic rings. The monoisotopic (exact) mass is 408 g/mol. The lowest BCUT2D eigenvalue weighted by Crippen LogP contribution is -2.24. The minimum atomic E-state index is -0.557. The fourth-order valence-corrected chi connectivity index (χ4v) is 2.73. The Balaban J connectivity index is 1.74. The van der Waals surface area contributed by atoms with Gasteiger partial charge in [0.15, 0.2) is 0 Å². The van der Waals surface area contributed by atoms with Crippen molar-refractivity contribution in [2.75, 3.05) is 6.79 Å². The van der Waals surface area contributed by atoms with Crippen molar-refractivity contribution in [3.63, 3.8) is 0 Å². The fraction of sp³-hybridized carbons (Fsp3) is 0.300. The Morgan fingerprint density at radius 1 is 1.04 bits per heavy atom. The van der Waals surface area contributed by atoms with Crippen molar-refractivity contribution in [3.8, 4) is 11.5 Å². The third kappa shape index (κ3) is 7.56. The van der Waals surface area contributed by atoms with E-state index in [0.29, 0.717) is 21.6 Å². The molecule has 0 aromatic heterocycles. The molecular formula is C20H21FO4S2. The quantitative estimate of drug-likeness (QED) is 0.365. The number of carbonyl (C=O) groups is 1. The van der Waals surface area contributed by atoms with Crippen molar-refractivity contribution < 1.29 is 23.4 Å². The SMILES string of the molecule is CC(C)(C)C(=O)OCOc1ccc(CSC(=S)Oc2ccc(F)cc2)cc1. The van der Waals surface area contributed by atoms with Gasteiger partial charge in [-0.25, -0.2) is 4.39 Å². The van der Waals surface area contributed by atoms with E-state index in [0.717, 1.165) is 5.56 Å². The molecular weight excluding hydrogens is 387 g/mol. The Labute approximate surface area is 168 Å². The largest absolute Gasteiger partial charge is 0.457 e. The highest BCUT2D eigenvalue weighted by atomic mass is 32.2. The summed E-state index contributed by atoms with van der Waals surface area (Å²) in [6.07, 6.45) is 0. The van der Waals surface area contributed by atoms with Gasteiger partial charge >= 0.3 is 5.97 Å². The predicted octanol–water partition coefficient (Wildman–Crippen LogP) is 5.35. The maximum absolute atomic E-state index is 12.9. The zero-order valence-electron chi connectivity index (χ0n) is 15.4. The zero-order chi connectivity index (χ0) is 19.9. The molecule has 0 bridgehead atoms. The van der Waals surface area contributed by atoms with Crippen LogP contribution in [0, 0.1) is 11.2 Å². The Morgan fingerprint density at radius 2 is 1.63 bits per heavy atom. The lowest BCUT2D eigenvalue weighted by molar-refractivity contribution is -0.159. The minimum absolute atomic E-state index is 0.125. The fourth-order valence-electron chi connectivity index (χ4n) is 1.82. The third-order valence-corrected chi connectivity index (χ3v) is 4.56. The van der Waals surface area contributed by atoms with Gasteiger partial charge in [-0.05, 0) is 75.0 Å². The van der Waals surface area contributed by atoms with Gasteiger partial charge in [0.2, 0.25) is 11.2 Å². The van der Waals surface area contributed by atoms with E-state index in [2.05, 4.69) is 0 Å². The van der Waals surface area contributed by atoms with E-state index in [-0.39, 0.29) is 18.6 Å². The summed E-state index contributed by atoms with van der Waals surface area (Å²) >= 11 is 6.54. The molecule has 0 saturated heterocycles. The topological polar surface area (TPSA) is 44.8 Å². The Bertz CT molecular complexity index is 768. The molecule has 7 heteroatoms. The second-order valence-electron chi connectivity index (χ2n) is 6.68. The van der Waals surface area contributed by atoms with Crippen molar-refractivity contribution in [3.05, 3.63) is 59.9 Å². The van der Waals surface area contributed by atoms with Crippen molar-refractivity contribution in [2.45, 2.75) is 26.5 Å². The van der Waals surface area contributed by atoms with Crippen molar-refractivity contribution in [2.24, 2.45) is 5.41 Å². The third-order valence-electron chi connectivity index (χ3n) is 3.32. The summed E-state index contributed by atoms with van der Waals surface area (Å²) in [7, 11) is 0. The first-order chi connectivity index (χ1) is 12.7. The van der Waals surface area contributed by atoms with Gasteiger partial charge in [-0.15, -0.1) is 0 Å². The first kappa shape index (κ1) is 21.2. The van der Waals surface area contributed by atoms with E-state index in [4.69, 9.17) is 26.4 Å². The molecule has 2 rings (SSSR count). The van der Waals surface area contributed by atoms with Crippen LogP contribution in [0.5, 0.6) is 11.5 Å². The lowest BCUT2D eigenvalue weighted by atomic mass is 9.98. The molecule has 0 aliphatic rings. The number of esters is 1.